The third kappa shape index (κ3) is 1.53. The summed E-state index contributed by atoms with van der Waals surface area (Å²) in [4.78, 5) is 14.6. The molecule has 0 aliphatic heterocycles. The first-order chi connectivity index (χ1) is 8.79. The summed E-state index contributed by atoms with van der Waals surface area (Å²) in [6, 6.07) is 0. The minimum Gasteiger partial charge on any atom is -0.331 e. The summed E-state index contributed by atoms with van der Waals surface area (Å²) in [5, 5.41) is 0. The molecule has 0 saturated heterocycles. The lowest BCUT2D eigenvalue weighted by molar-refractivity contribution is -0.133. The third-order valence-electron chi connectivity index (χ3n) is 5.79. The van der Waals surface area contributed by atoms with Gasteiger partial charge in [0.1, 0.15) is 0 Å². The van der Waals surface area contributed by atoms with E-state index in [9.17, 15) is 4.79 Å². The molecule has 96 valence electrons. The van der Waals surface area contributed by atoms with Crippen LogP contribution in [0.1, 0.15) is 32.1 Å². The lowest BCUT2D eigenvalue weighted by Gasteiger charge is -2.21. The molecule has 0 spiro atoms. The maximum Gasteiger partial charge on any atom is 0.227 e. The lowest BCUT2D eigenvalue weighted by Crippen LogP contribution is -2.35. The zero-order valence-electron chi connectivity index (χ0n) is 10.8. The van der Waals surface area contributed by atoms with Gasteiger partial charge in [0.2, 0.25) is 5.91 Å². The van der Waals surface area contributed by atoms with Crippen molar-refractivity contribution in [1.82, 2.24) is 4.90 Å². The average Bonchev–Trinajstić information content (AvgIpc) is 3.27. The van der Waals surface area contributed by atoms with Gasteiger partial charge in [-0.3, -0.25) is 4.79 Å². The number of amides is 1. The molecule has 2 heteroatoms. The quantitative estimate of drug-likeness (QED) is 0.693. The van der Waals surface area contributed by atoms with Gasteiger partial charge < -0.3 is 4.90 Å². The van der Waals surface area contributed by atoms with E-state index in [4.69, 9.17) is 6.42 Å². The van der Waals surface area contributed by atoms with Gasteiger partial charge in [-0.05, 0) is 61.7 Å². The van der Waals surface area contributed by atoms with Crippen molar-refractivity contribution >= 4 is 5.91 Å². The molecule has 4 fully saturated rings. The fourth-order valence-electron chi connectivity index (χ4n) is 4.82. The smallest absolute Gasteiger partial charge is 0.227 e. The number of rotatable bonds is 4. The highest BCUT2D eigenvalue weighted by Crippen LogP contribution is 2.69. The van der Waals surface area contributed by atoms with Gasteiger partial charge in [0.15, 0.2) is 0 Å². The Morgan fingerprint density at radius 1 is 1.17 bits per heavy atom. The summed E-state index contributed by atoms with van der Waals surface area (Å²) in [6.45, 7) is 1.45. The van der Waals surface area contributed by atoms with Crippen molar-refractivity contribution in [1.29, 1.82) is 0 Å². The van der Waals surface area contributed by atoms with Crippen LogP contribution >= 0.6 is 0 Å². The second kappa shape index (κ2) is 3.76. The number of carbonyl (C=O) groups excluding carboxylic acids is 1. The number of terminal acetylenes is 1. The average molecular weight is 243 g/mol. The maximum atomic E-state index is 12.6. The Bertz CT molecular complexity index is 403. The topological polar surface area (TPSA) is 20.3 Å². The zero-order chi connectivity index (χ0) is 12.3. The van der Waals surface area contributed by atoms with Gasteiger partial charge >= 0.3 is 0 Å². The molecule has 0 aromatic heterocycles. The summed E-state index contributed by atoms with van der Waals surface area (Å²) in [7, 11) is 0. The molecule has 0 radical (unpaired) electrons. The van der Waals surface area contributed by atoms with Crippen LogP contribution < -0.4 is 0 Å². The van der Waals surface area contributed by atoms with Crippen LogP contribution in [0.4, 0.5) is 0 Å². The molecule has 4 saturated carbocycles. The Labute approximate surface area is 109 Å². The molecule has 4 aliphatic carbocycles. The number of carbonyl (C=O) groups is 1. The molecule has 4 atom stereocenters. The predicted molar refractivity (Wildman–Crippen MR) is 69.4 cm³/mol. The van der Waals surface area contributed by atoms with Crippen LogP contribution in [0.15, 0.2) is 0 Å². The van der Waals surface area contributed by atoms with Crippen LogP contribution in [0.2, 0.25) is 0 Å². The minimum atomic E-state index is 0.364. The molecule has 0 aromatic carbocycles. The van der Waals surface area contributed by atoms with Gasteiger partial charge in [0.25, 0.3) is 0 Å². The Balaban J connectivity index is 1.44. The summed E-state index contributed by atoms with van der Waals surface area (Å²) in [5.74, 6) is 7.43. The van der Waals surface area contributed by atoms with E-state index in [-0.39, 0.29) is 0 Å². The highest BCUT2D eigenvalue weighted by Gasteiger charge is 2.67. The van der Waals surface area contributed by atoms with Gasteiger partial charge in [-0.2, -0.15) is 0 Å². The molecule has 18 heavy (non-hydrogen) atoms. The number of nitrogens with zero attached hydrogens (tertiary/aromatic N) is 1. The van der Waals surface area contributed by atoms with E-state index in [1.807, 2.05) is 4.90 Å². The van der Waals surface area contributed by atoms with Gasteiger partial charge in [0, 0.05) is 12.5 Å². The van der Waals surface area contributed by atoms with Crippen LogP contribution in [0.5, 0.6) is 0 Å². The molecule has 2 nitrogen and oxygen atoms in total. The van der Waals surface area contributed by atoms with Crippen LogP contribution in [-0.2, 0) is 4.79 Å². The first kappa shape index (κ1) is 10.9. The number of hydrogen-bond acceptors (Lipinski definition) is 1. The maximum absolute atomic E-state index is 12.6. The van der Waals surface area contributed by atoms with E-state index < -0.39 is 0 Å². The Morgan fingerprint density at radius 2 is 1.83 bits per heavy atom. The van der Waals surface area contributed by atoms with E-state index >= 15 is 0 Å². The first-order valence-corrected chi connectivity index (χ1v) is 7.52. The van der Waals surface area contributed by atoms with Gasteiger partial charge in [-0.1, -0.05) is 5.92 Å². The molecule has 4 unspecified atom stereocenters. The monoisotopic (exact) mass is 243 g/mol. The van der Waals surface area contributed by atoms with Crippen LogP contribution in [0.25, 0.3) is 0 Å². The molecular weight excluding hydrogens is 222 g/mol. The second-order valence-electron chi connectivity index (χ2n) is 6.88. The van der Waals surface area contributed by atoms with Crippen molar-refractivity contribution in [3.63, 3.8) is 0 Å². The van der Waals surface area contributed by atoms with Crippen molar-refractivity contribution in [3.8, 4) is 12.3 Å². The summed E-state index contributed by atoms with van der Waals surface area (Å²) in [5.41, 5.74) is 0. The Hall–Kier alpha value is -0.970. The Morgan fingerprint density at radius 3 is 2.39 bits per heavy atom. The largest absolute Gasteiger partial charge is 0.331 e. The summed E-state index contributed by atoms with van der Waals surface area (Å²) < 4.78 is 0. The van der Waals surface area contributed by atoms with Crippen molar-refractivity contribution in [2.75, 3.05) is 13.1 Å². The van der Waals surface area contributed by atoms with Crippen LogP contribution in [-0.4, -0.2) is 23.9 Å². The highest BCUT2D eigenvalue weighted by atomic mass is 16.2. The molecule has 0 aromatic rings. The third-order valence-corrected chi connectivity index (χ3v) is 5.79. The van der Waals surface area contributed by atoms with Gasteiger partial charge in [-0.15, -0.1) is 6.42 Å². The lowest BCUT2D eigenvalue weighted by atomic mass is 10.0. The molecule has 0 N–H and O–H groups in total. The molecule has 4 rings (SSSR count). The van der Waals surface area contributed by atoms with E-state index in [0.717, 1.165) is 36.1 Å². The fourth-order valence-corrected chi connectivity index (χ4v) is 4.82. The molecular formula is C16H21NO. The van der Waals surface area contributed by atoms with E-state index in [1.54, 1.807) is 0 Å². The van der Waals surface area contributed by atoms with Crippen LogP contribution in [0, 0.1) is 47.9 Å². The zero-order valence-corrected chi connectivity index (χ0v) is 10.8. The van der Waals surface area contributed by atoms with E-state index in [0.29, 0.717) is 18.4 Å². The number of hydrogen-bond donors (Lipinski definition) is 0. The summed E-state index contributed by atoms with van der Waals surface area (Å²) >= 11 is 0. The standard InChI is InChI=1S/C16H21NO/c1-2-7-17(9-10-3-4-10)16(18)15-13-11-5-6-12(8-11)14(13)15/h1,10-15H,3-9H2. The Kier molecular flexibility index (Phi) is 2.28. The highest BCUT2D eigenvalue weighted by molar-refractivity contribution is 5.83. The molecule has 4 aliphatic rings. The minimum absolute atomic E-state index is 0.364. The van der Waals surface area contributed by atoms with Crippen molar-refractivity contribution in [2.45, 2.75) is 32.1 Å². The van der Waals surface area contributed by atoms with Crippen molar-refractivity contribution in [2.24, 2.45) is 35.5 Å². The SMILES string of the molecule is C#CCN(CC1CC1)C(=O)C1C2C3CCC(C3)C12. The normalized spacial score (nSPS) is 43.4. The van der Waals surface area contributed by atoms with Crippen molar-refractivity contribution in [3.05, 3.63) is 0 Å². The van der Waals surface area contributed by atoms with Crippen LogP contribution in [0.3, 0.4) is 0 Å². The molecule has 1 amide bonds. The molecule has 2 bridgehead atoms. The van der Waals surface area contributed by atoms with E-state index in [2.05, 4.69) is 5.92 Å². The van der Waals surface area contributed by atoms with Gasteiger partial charge in [0.05, 0.1) is 6.54 Å². The van der Waals surface area contributed by atoms with Gasteiger partial charge in [-0.25, -0.2) is 0 Å². The predicted octanol–water partition coefficient (Wildman–Crippen LogP) is 2.15. The second-order valence-corrected chi connectivity index (χ2v) is 6.88. The van der Waals surface area contributed by atoms with Crippen molar-refractivity contribution < 1.29 is 4.79 Å². The van der Waals surface area contributed by atoms with E-state index in [1.165, 1.54) is 32.1 Å². The number of fused-ring (bicyclic) bond motifs is 5. The summed E-state index contributed by atoms with van der Waals surface area (Å²) in [6.07, 6.45) is 12.2. The first-order valence-electron chi connectivity index (χ1n) is 7.52. The fraction of sp³-hybridized carbons (Fsp3) is 0.812. The molecule has 0 heterocycles.